The quantitative estimate of drug-likeness (QED) is 0.504. The number of hydrogen-bond acceptors (Lipinski definition) is 2. The Balaban J connectivity index is 1.44. The first-order chi connectivity index (χ1) is 9.33. The topological polar surface area (TPSA) is 36.4 Å². The van der Waals surface area contributed by atoms with Crippen molar-refractivity contribution in [1.29, 1.82) is 0 Å². The summed E-state index contributed by atoms with van der Waals surface area (Å²) < 4.78 is 0. The van der Waals surface area contributed by atoms with Gasteiger partial charge in [-0.2, -0.15) is 5.10 Å². The summed E-state index contributed by atoms with van der Waals surface area (Å²) >= 11 is 5.22. The van der Waals surface area contributed by atoms with Gasteiger partial charge in [-0.1, -0.05) is 42.5 Å². The molecule has 2 unspecified atom stereocenters. The van der Waals surface area contributed by atoms with Crippen LogP contribution in [0, 0.1) is 11.8 Å². The molecule has 1 aromatic carbocycles. The lowest BCUT2D eigenvalue weighted by Gasteiger charge is -2.31. The maximum atomic E-state index is 5.22. The number of rotatable bonds is 3. The number of thiocarbonyl (C=S) groups is 1. The Labute approximate surface area is 118 Å². The van der Waals surface area contributed by atoms with Gasteiger partial charge in [0.05, 0.1) is 0 Å². The Bertz CT molecular complexity index is 521. The molecule has 0 saturated heterocycles. The lowest BCUT2D eigenvalue weighted by atomic mass is 9.74. The Morgan fingerprint density at radius 2 is 2.16 bits per heavy atom. The van der Waals surface area contributed by atoms with Gasteiger partial charge in [0.15, 0.2) is 5.11 Å². The van der Waals surface area contributed by atoms with Crippen LogP contribution in [0.3, 0.4) is 0 Å². The van der Waals surface area contributed by atoms with Gasteiger partial charge >= 0.3 is 0 Å². The van der Waals surface area contributed by atoms with Crippen molar-refractivity contribution in [2.45, 2.75) is 19.4 Å². The van der Waals surface area contributed by atoms with Gasteiger partial charge < -0.3 is 5.32 Å². The summed E-state index contributed by atoms with van der Waals surface area (Å²) in [6.45, 7) is 0.727. The Morgan fingerprint density at radius 1 is 1.32 bits per heavy atom. The Hall–Kier alpha value is -1.68. The summed E-state index contributed by atoms with van der Waals surface area (Å²) in [5, 5.41) is 8.16. The van der Waals surface area contributed by atoms with Crippen LogP contribution in [0.2, 0.25) is 0 Å². The minimum atomic E-state index is 0.589. The molecule has 0 aromatic heterocycles. The second kappa shape index (κ2) is 5.53. The van der Waals surface area contributed by atoms with Gasteiger partial charge in [-0.25, -0.2) is 0 Å². The number of nitrogens with one attached hydrogen (secondary N) is 2. The van der Waals surface area contributed by atoms with E-state index < -0.39 is 0 Å². The highest BCUT2D eigenvalue weighted by Crippen LogP contribution is 2.39. The summed E-state index contributed by atoms with van der Waals surface area (Å²) in [5.41, 5.74) is 5.41. The third-order valence-corrected chi connectivity index (χ3v) is 4.00. The molecule has 1 aromatic rings. The van der Waals surface area contributed by atoms with Crippen LogP contribution in [0.15, 0.2) is 47.6 Å². The fourth-order valence-corrected chi connectivity index (χ4v) is 2.72. The van der Waals surface area contributed by atoms with Crippen molar-refractivity contribution in [1.82, 2.24) is 10.7 Å². The van der Waals surface area contributed by atoms with E-state index in [0.717, 1.165) is 25.3 Å². The van der Waals surface area contributed by atoms with Gasteiger partial charge in [0, 0.05) is 18.2 Å². The van der Waals surface area contributed by atoms with Crippen molar-refractivity contribution in [2.75, 3.05) is 0 Å². The zero-order chi connectivity index (χ0) is 13.1. The predicted molar refractivity (Wildman–Crippen MR) is 81.8 cm³/mol. The van der Waals surface area contributed by atoms with Crippen LogP contribution in [0.1, 0.15) is 18.4 Å². The first-order valence-electron chi connectivity index (χ1n) is 6.64. The van der Waals surface area contributed by atoms with Crippen molar-refractivity contribution in [2.24, 2.45) is 16.9 Å². The van der Waals surface area contributed by atoms with Crippen LogP contribution in [0.5, 0.6) is 0 Å². The molecule has 0 amide bonds. The number of nitrogens with zero attached hydrogens (tertiary/aromatic N) is 1. The second-order valence-corrected chi connectivity index (χ2v) is 5.43. The van der Waals surface area contributed by atoms with Gasteiger partial charge in [0.2, 0.25) is 0 Å². The summed E-state index contributed by atoms with van der Waals surface area (Å²) in [4.78, 5) is 0. The predicted octanol–water partition coefficient (Wildman–Crippen LogP) is 2.60. The standard InChI is InChI=1S/C15H17N3S/c19-15(16-10-11-5-2-1-3-6-11)18-17-14-9-12-7-4-8-13(12)14/h1-7,12-13H,8-10H2,(H2,16,18,19)/b17-14+. The molecule has 0 heterocycles. The van der Waals surface area contributed by atoms with Gasteiger partial charge in [0.25, 0.3) is 0 Å². The number of hydrogen-bond donors (Lipinski definition) is 2. The number of benzene rings is 1. The lowest BCUT2D eigenvalue weighted by molar-refractivity contribution is 0.463. The van der Waals surface area contributed by atoms with Crippen LogP contribution < -0.4 is 10.7 Å². The number of fused-ring (bicyclic) bond motifs is 1. The highest BCUT2D eigenvalue weighted by atomic mass is 32.1. The van der Waals surface area contributed by atoms with E-state index in [2.05, 4.69) is 40.1 Å². The molecule has 2 aliphatic rings. The zero-order valence-electron chi connectivity index (χ0n) is 10.7. The maximum Gasteiger partial charge on any atom is 0.187 e. The van der Waals surface area contributed by atoms with Crippen LogP contribution in [0.25, 0.3) is 0 Å². The monoisotopic (exact) mass is 271 g/mol. The van der Waals surface area contributed by atoms with E-state index >= 15 is 0 Å². The van der Waals surface area contributed by atoms with Crippen LogP contribution in [-0.4, -0.2) is 10.8 Å². The van der Waals surface area contributed by atoms with E-state index in [1.165, 1.54) is 11.3 Å². The molecular formula is C15H17N3S. The number of allylic oxidation sites excluding steroid dienone is 2. The molecule has 3 nitrogen and oxygen atoms in total. The molecule has 0 radical (unpaired) electrons. The average molecular weight is 271 g/mol. The van der Waals surface area contributed by atoms with Crippen LogP contribution in [-0.2, 0) is 6.54 Å². The van der Waals surface area contributed by atoms with Crippen molar-refractivity contribution >= 4 is 23.0 Å². The van der Waals surface area contributed by atoms with E-state index in [0.29, 0.717) is 11.0 Å². The van der Waals surface area contributed by atoms with Crippen molar-refractivity contribution in [3.05, 3.63) is 48.0 Å². The van der Waals surface area contributed by atoms with Gasteiger partial charge in [0.1, 0.15) is 0 Å². The van der Waals surface area contributed by atoms with Crippen molar-refractivity contribution in [3.8, 4) is 0 Å². The van der Waals surface area contributed by atoms with E-state index in [1.54, 1.807) is 0 Å². The van der Waals surface area contributed by atoms with Crippen molar-refractivity contribution < 1.29 is 0 Å². The normalized spacial score (nSPS) is 25.8. The molecule has 0 aliphatic heterocycles. The van der Waals surface area contributed by atoms with Crippen molar-refractivity contribution in [3.63, 3.8) is 0 Å². The molecule has 0 bridgehead atoms. The summed E-state index contributed by atoms with van der Waals surface area (Å²) in [7, 11) is 0. The number of hydrazone groups is 1. The lowest BCUT2D eigenvalue weighted by Crippen LogP contribution is -2.38. The highest BCUT2D eigenvalue weighted by molar-refractivity contribution is 7.80. The fraction of sp³-hybridized carbons (Fsp3) is 0.333. The maximum absolute atomic E-state index is 5.22. The summed E-state index contributed by atoms with van der Waals surface area (Å²) in [5.74, 6) is 1.36. The fourth-order valence-electron chi connectivity index (χ4n) is 2.60. The highest BCUT2D eigenvalue weighted by Gasteiger charge is 2.37. The molecule has 1 fully saturated rings. The van der Waals surface area contributed by atoms with Gasteiger partial charge in [-0.3, -0.25) is 5.43 Å². The minimum Gasteiger partial charge on any atom is -0.357 e. The van der Waals surface area contributed by atoms with Crippen LogP contribution in [0.4, 0.5) is 0 Å². The van der Waals surface area contributed by atoms with E-state index in [4.69, 9.17) is 12.2 Å². The molecule has 2 aliphatic carbocycles. The van der Waals surface area contributed by atoms with E-state index in [-0.39, 0.29) is 0 Å². The first kappa shape index (κ1) is 12.4. The molecular weight excluding hydrogens is 254 g/mol. The zero-order valence-corrected chi connectivity index (χ0v) is 11.5. The molecule has 2 atom stereocenters. The minimum absolute atomic E-state index is 0.589. The Kier molecular flexibility index (Phi) is 3.60. The van der Waals surface area contributed by atoms with Gasteiger partial charge in [-0.05, 0) is 36.5 Å². The van der Waals surface area contributed by atoms with E-state index in [9.17, 15) is 0 Å². The average Bonchev–Trinajstić information content (AvgIpc) is 2.79. The largest absolute Gasteiger partial charge is 0.357 e. The Morgan fingerprint density at radius 3 is 2.95 bits per heavy atom. The molecule has 2 N–H and O–H groups in total. The summed E-state index contributed by atoms with van der Waals surface area (Å²) in [6.07, 6.45) is 6.77. The SMILES string of the molecule is S=C(NCc1ccccc1)N/N=C1\CC2C=CCC12. The molecule has 0 spiro atoms. The molecule has 3 rings (SSSR count). The molecule has 19 heavy (non-hydrogen) atoms. The van der Waals surface area contributed by atoms with E-state index in [1.807, 2.05) is 18.2 Å². The summed E-state index contributed by atoms with van der Waals surface area (Å²) in [6, 6.07) is 10.2. The van der Waals surface area contributed by atoms with Gasteiger partial charge in [-0.15, -0.1) is 0 Å². The van der Waals surface area contributed by atoms with Crippen LogP contribution >= 0.6 is 12.2 Å². The molecule has 4 heteroatoms. The third-order valence-electron chi connectivity index (χ3n) is 3.76. The smallest absolute Gasteiger partial charge is 0.187 e. The molecule has 98 valence electrons. The first-order valence-corrected chi connectivity index (χ1v) is 7.04. The molecule has 1 saturated carbocycles. The third kappa shape index (κ3) is 2.84. The second-order valence-electron chi connectivity index (χ2n) is 5.02.